The fourth-order valence-electron chi connectivity index (χ4n) is 3.07. The van der Waals surface area contributed by atoms with E-state index in [1.165, 1.54) is 0 Å². The summed E-state index contributed by atoms with van der Waals surface area (Å²) in [5.74, 6) is 0. The normalized spacial score (nSPS) is 42.7. The van der Waals surface area contributed by atoms with Crippen LogP contribution in [0.15, 0.2) is 0 Å². The fraction of sp³-hybridized carbons (Fsp3) is 1.00. The Morgan fingerprint density at radius 1 is 1.18 bits per heavy atom. The summed E-state index contributed by atoms with van der Waals surface area (Å²) in [6.45, 7) is 4.26. The van der Waals surface area contributed by atoms with Crippen LogP contribution >= 0.6 is 0 Å². The van der Waals surface area contributed by atoms with Gasteiger partial charge in [0.05, 0.1) is 23.5 Å². The van der Waals surface area contributed by atoms with E-state index in [1.807, 2.05) is 21.1 Å². The number of hydrogen-bond donors (Lipinski definition) is 5. The third-order valence-corrected chi connectivity index (χ3v) is 4.33. The lowest BCUT2D eigenvalue weighted by Crippen LogP contribution is -2.81. The fourth-order valence-corrected chi connectivity index (χ4v) is 3.07. The van der Waals surface area contributed by atoms with Crippen molar-refractivity contribution < 1.29 is 5.11 Å². The predicted molar refractivity (Wildman–Crippen MR) is 70.8 cm³/mol. The third-order valence-electron chi connectivity index (χ3n) is 4.33. The number of nitrogens with one attached hydrogen (secondary N) is 4. The van der Waals surface area contributed by atoms with Crippen molar-refractivity contribution in [1.29, 1.82) is 0 Å². The van der Waals surface area contributed by atoms with Crippen LogP contribution in [0.4, 0.5) is 0 Å². The largest absolute Gasteiger partial charge is 0.391 e. The van der Waals surface area contributed by atoms with Crippen LogP contribution < -0.4 is 21.3 Å². The lowest BCUT2D eigenvalue weighted by molar-refractivity contribution is -0.0427. The van der Waals surface area contributed by atoms with E-state index in [9.17, 15) is 5.11 Å². The number of rotatable bonds is 5. The van der Waals surface area contributed by atoms with Crippen molar-refractivity contribution in [3.05, 3.63) is 0 Å². The number of piperidine rings is 1. The van der Waals surface area contributed by atoms with Crippen molar-refractivity contribution in [2.75, 3.05) is 21.1 Å². The van der Waals surface area contributed by atoms with Crippen molar-refractivity contribution in [2.24, 2.45) is 0 Å². The molecule has 1 saturated heterocycles. The summed E-state index contributed by atoms with van der Waals surface area (Å²) in [6.07, 6.45) is 2.16. The number of likely N-dealkylation sites (N-methyl/N-ethyl adjacent to an activating group) is 2. The molecule has 5 N–H and O–H groups in total. The highest BCUT2D eigenvalue weighted by molar-refractivity contribution is 5.09. The van der Waals surface area contributed by atoms with E-state index >= 15 is 0 Å². The molecule has 5 heteroatoms. The first kappa shape index (κ1) is 14.9. The van der Waals surface area contributed by atoms with Crippen molar-refractivity contribution >= 4 is 0 Å². The second kappa shape index (κ2) is 5.63. The van der Waals surface area contributed by atoms with Crippen LogP contribution in [0.25, 0.3) is 0 Å². The van der Waals surface area contributed by atoms with Crippen molar-refractivity contribution in [2.45, 2.75) is 56.6 Å². The summed E-state index contributed by atoms with van der Waals surface area (Å²) >= 11 is 0. The summed E-state index contributed by atoms with van der Waals surface area (Å²) in [6, 6.07) is 0.00512. The SMILES string of the molecule is CCC1(NC)CC(O)C(NC)C(CC)(NC)N1. The molecule has 1 rings (SSSR count). The van der Waals surface area contributed by atoms with Crippen LogP contribution in [0.2, 0.25) is 0 Å². The maximum Gasteiger partial charge on any atom is 0.0879 e. The summed E-state index contributed by atoms with van der Waals surface area (Å²) in [4.78, 5) is 0. The zero-order chi connectivity index (χ0) is 13.1. The Hall–Kier alpha value is -0.200. The van der Waals surface area contributed by atoms with E-state index in [0.717, 1.165) is 12.8 Å². The summed E-state index contributed by atoms with van der Waals surface area (Å²) in [5.41, 5.74) is -0.489. The van der Waals surface area contributed by atoms with Crippen LogP contribution in [0.3, 0.4) is 0 Å². The Morgan fingerprint density at radius 2 is 1.82 bits per heavy atom. The van der Waals surface area contributed by atoms with E-state index in [0.29, 0.717) is 6.42 Å². The molecule has 0 aliphatic carbocycles. The van der Waals surface area contributed by atoms with Gasteiger partial charge in [-0.25, -0.2) is 0 Å². The zero-order valence-corrected chi connectivity index (χ0v) is 11.7. The maximum absolute atomic E-state index is 10.4. The minimum Gasteiger partial charge on any atom is -0.391 e. The Kier molecular flexibility index (Phi) is 4.92. The molecule has 0 aromatic heterocycles. The van der Waals surface area contributed by atoms with Crippen molar-refractivity contribution in [3.8, 4) is 0 Å². The molecule has 0 bridgehead atoms. The van der Waals surface area contributed by atoms with Gasteiger partial charge in [-0.3, -0.25) is 5.32 Å². The van der Waals surface area contributed by atoms with Crippen LogP contribution in [-0.4, -0.2) is 49.7 Å². The first-order valence-corrected chi connectivity index (χ1v) is 6.55. The van der Waals surface area contributed by atoms with E-state index in [1.54, 1.807) is 0 Å². The Labute approximate surface area is 105 Å². The Bertz CT molecular complexity index is 239. The lowest BCUT2D eigenvalue weighted by atomic mass is 9.80. The van der Waals surface area contributed by atoms with Gasteiger partial charge in [0.1, 0.15) is 0 Å². The molecule has 0 amide bonds. The van der Waals surface area contributed by atoms with E-state index < -0.39 is 0 Å². The van der Waals surface area contributed by atoms with Gasteiger partial charge in [0, 0.05) is 6.42 Å². The minimum atomic E-state index is -0.374. The topological polar surface area (TPSA) is 68.3 Å². The van der Waals surface area contributed by atoms with Gasteiger partial charge in [-0.05, 0) is 34.0 Å². The molecule has 0 aromatic carbocycles. The molecule has 17 heavy (non-hydrogen) atoms. The van der Waals surface area contributed by atoms with Crippen LogP contribution in [0.1, 0.15) is 33.1 Å². The average Bonchev–Trinajstić information content (AvgIpc) is 2.37. The van der Waals surface area contributed by atoms with Gasteiger partial charge in [-0.15, -0.1) is 0 Å². The molecule has 0 spiro atoms. The smallest absolute Gasteiger partial charge is 0.0879 e. The van der Waals surface area contributed by atoms with E-state index in [2.05, 4.69) is 35.1 Å². The Balaban J connectivity index is 3.05. The highest BCUT2D eigenvalue weighted by Gasteiger charge is 2.50. The van der Waals surface area contributed by atoms with Crippen LogP contribution in [0, 0.1) is 0 Å². The standard InChI is InChI=1S/C12H28N4O/c1-6-11(14-4)8-9(17)10(13-3)12(7-2,15-5)16-11/h9-10,13-17H,6-8H2,1-5H3. The van der Waals surface area contributed by atoms with Gasteiger partial charge in [-0.2, -0.15) is 0 Å². The molecule has 1 aliphatic heterocycles. The lowest BCUT2D eigenvalue weighted by Gasteiger charge is -2.55. The molecule has 4 atom stereocenters. The third kappa shape index (κ3) is 2.48. The van der Waals surface area contributed by atoms with Gasteiger partial charge >= 0.3 is 0 Å². The minimum absolute atomic E-state index is 0.00512. The van der Waals surface area contributed by atoms with Crippen molar-refractivity contribution in [3.63, 3.8) is 0 Å². The van der Waals surface area contributed by atoms with Crippen molar-refractivity contribution in [1.82, 2.24) is 21.3 Å². The van der Waals surface area contributed by atoms with Gasteiger partial charge in [0.15, 0.2) is 0 Å². The first-order chi connectivity index (χ1) is 8.03. The molecule has 0 aromatic rings. The van der Waals surface area contributed by atoms with Gasteiger partial charge in [-0.1, -0.05) is 13.8 Å². The van der Waals surface area contributed by atoms with E-state index in [4.69, 9.17) is 0 Å². The second-order valence-electron chi connectivity index (χ2n) is 4.92. The quantitative estimate of drug-likeness (QED) is 0.454. The van der Waals surface area contributed by atoms with Gasteiger partial charge in [0.25, 0.3) is 0 Å². The predicted octanol–water partition coefficient (Wildman–Crippen LogP) is -0.420. The van der Waals surface area contributed by atoms with Crippen LogP contribution in [-0.2, 0) is 0 Å². The highest BCUT2D eigenvalue weighted by Crippen LogP contribution is 2.30. The molecular formula is C12H28N4O. The van der Waals surface area contributed by atoms with E-state index in [-0.39, 0.29) is 23.5 Å². The van der Waals surface area contributed by atoms with Crippen LogP contribution in [0.5, 0.6) is 0 Å². The molecule has 5 nitrogen and oxygen atoms in total. The molecule has 1 fully saturated rings. The highest BCUT2D eigenvalue weighted by atomic mass is 16.3. The molecule has 1 aliphatic rings. The molecular weight excluding hydrogens is 216 g/mol. The Morgan fingerprint density at radius 3 is 2.18 bits per heavy atom. The number of aliphatic hydroxyl groups excluding tert-OH is 1. The molecule has 1 heterocycles. The number of aliphatic hydroxyl groups is 1. The molecule has 0 saturated carbocycles. The molecule has 0 radical (unpaired) electrons. The monoisotopic (exact) mass is 244 g/mol. The average molecular weight is 244 g/mol. The molecule has 4 unspecified atom stereocenters. The number of hydrogen-bond acceptors (Lipinski definition) is 5. The second-order valence-corrected chi connectivity index (χ2v) is 4.92. The zero-order valence-electron chi connectivity index (χ0n) is 11.7. The summed E-state index contributed by atoms with van der Waals surface area (Å²) in [7, 11) is 5.78. The van der Waals surface area contributed by atoms with Gasteiger partial charge in [0.2, 0.25) is 0 Å². The maximum atomic E-state index is 10.4. The first-order valence-electron chi connectivity index (χ1n) is 6.55. The molecule has 102 valence electrons. The summed E-state index contributed by atoms with van der Waals surface area (Å²) in [5, 5.41) is 24.0. The summed E-state index contributed by atoms with van der Waals surface area (Å²) < 4.78 is 0. The van der Waals surface area contributed by atoms with Gasteiger partial charge < -0.3 is 21.1 Å².